The largest absolute Gasteiger partial charge is 0.350 e. The van der Waals surface area contributed by atoms with E-state index in [9.17, 15) is 9.18 Å². The standard InChI is InChI=1S/C17H16FN3O/c1-12-15(21-9-3-2-4-16(21)20-12)11-19-17(22)10-13-5-7-14(18)8-6-13/h2-9H,10-11H2,1H3,(H,19,22). The van der Waals surface area contributed by atoms with Crippen LogP contribution in [0, 0.1) is 12.7 Å². The number of pyridine rings is 1. The molecule has 1 aromatic carbocycles. The highest BCUT2D eigenvalue weighted by atomic mass is 19.1. The van der Waals surface area contributed by atoms with Gasteiger partial charge in [-0.2, -0.15) is 0 Å². The van der Waals surface area contributed by atoms with Crippen molar-refractivity contribution < 1.29 is 9.18 Å². The molecule has 0 aliphatic carbocycles. The van der Waals surface area contributed by atoms with Gasteiger partial charge < -0.3 is 9.72 Å². The van der Waals surface area contributed by atoms with Gasteiger partial charge in [0, 0.05) is 6.20 Å². The number of halogens is 1. The van der Waals surface area contributed by atoms with Gasteiger partial charge in [-0.1, -0.05) is 18.2 Å². The van der Waals surface area contributed by atoms with E-state index in [4.69, 9.17) is 0 Å². The number of imidazole rings is 1. The molecule has 2 aromatic heterocycles. The molecule has 2 heterocycles. The lowest BCUT2D eigenvalue weighted by Gasteiger charge is -2.06. The number of nitrogens with zero attached hydrogens (tertiary/aromatic N) is 2. The number of benzene rings is 1. The van der Waals surface area contributed by atoms with Gasteiger partial charge in [0.1, 0.15) is 11.5 Å². The molecule has 112 valence electrons. The molecular formula is C17H16FN3O. The normalized spacial score (nSPS) is 10.8. The molecule has 0 spiro atoms. The Balaban J connectivity index is 1.67. The first-order valence-corrected chi connectivity index (χ1v) is 7.07. The van der Waals surface area contributed by atoms with Gasteiger partial charge in [-0.3, -0.25) is 4.79 Å². The molecule has 0 atom stereocenters. The number of hydrogen-bond acceptors (Lipinski definition) is 2. The van der Waals surface area contributed by atoms with Crippen LogP contribution in [0.5, 0.6) is 0 Å². The minimum absolute atomic E-state index is 0.100. The van der Waals surface area contributed by atoms with Crippen LogP contribution in [-0.4, -0.2) is 15.3 Å². The van der Waals surface area contributed by atoms with Crippen molar-refractivity contribution in [2.24, 2.45) is 0 Å². The van der Waals surface area contributed by atoms with Gasteiger partial charge in [-0.15, -0.1) is 0 Å². The van der Waals surface area contributed by atoms with E-state index in [1.165, 1.54) is 12.1 Å². The number of nitrogens with one attached hydrogen (secondary N) is 1. The highest BCUT2D eigenvalue weighted by Crippen LogP contribution is 2.11. The lowest BCUT2D eigenvalue weighted by atomic mass is 10.1. The smallest absolute Gasteiger partial charge is 0.224 e. The van der Waals surface area contributed by atoms with Crippen LogP contribution >= 0.6 is 0 Å². The average Bonchev–Trinajstić information content (AvgIpc) is 2.83. The Labute approximate surface area is 127 Å². The molecule has 0 unspecified atom stereocenters. The Morgan fingerprint density at radius 3 is 2.77 bits per heavy atom. The summed E-state index contributed by atoms with van der Waals surface area (Å²) in [5.74, 6) is -0.401. The maximum Gasteiger partial charge on any atom is 0.224 e. The van der Waals surface area contributed by atoms with Gasteiger partial charge in [0.05, 0.1) is 24.4 Å². The van der Waals surface area contributed by atoms with Crippen LogP contribution in [0.3, 0.4) is 0 Å². The van der Waals surface area contributed by atoms with Gasteiger partial charge in [0.25, 0.3) is 0 Å². The van der Waals surface area contributed by atoms with Crippen molar-refractivity contribution in [3.63, 3.8) is 0 Å². The molecule has 4 nitrogen and oxygen atoms in total. The molecular weight excluding hydrogens is 281 g/mol. The molecule has 0 radical (unpaired) electrons. The average molecular weight is 297 g/mol. The number of carbonyl (C=O) groups excluding carboxylic acids is 1. The van der Waals surface area contributed by atoms with Crippen molar-refractivity contribution in [2.45, 2.75) is 19.9 Å². The van der Waals surface area contributed by atoms with Crippen molar-refractivity contribution in [3.8, 4) is 0 Å². The van der Waals surface area contributed by atoms with Gasteiger partial charge in [0.15, 0.2) is 0 Å². The maximum absolute atomic E-state index is 12.8. The van der Waals surface area contributed by atoms with Crippen LogP contribution in [-0.2, 0) is 17.8 Å². The van der Waals surface area contributed by atoms with E-state index in [0.29, 0.717) is 6.54 Å². The van der Waals surface area contributed by atoms with Crippen LogP contribution < -0.4 is 5.32 Å². The number of hydrogen-bond donors (Lipinski definition) is 1. The third-order valence-corrected chi connectivity index (χ3v) is 3.56. The number of rotatable bonds is 4. The van der Waals surface area contributed by atoms with Crippen LogP contribution in [0.2, 0.25) is 0 Å². The van der Waals surface area contributed by atoms with E-state index >= 15 is 0 Å². The van der Waals surface area contributed by atoms with Crippen molar-refractivity contribution in [1.29, 1.82) is 0 Å². The zero-order chi connectivity index (χ0) is 15.5. The van der Waals surface area contributed by atoms with Gasteiger partial charge in [-0.05, 0) is 36.8 Å². The van der Waals surface area contributed by atoms with Crippen LogP contribution in [0.4, 0.5) is 4.39 Å². The van der Waals surface area contributed by atoms with Gasteiger partial charge >= 0.3 is 0 Å². The summed E-state index contributed by atoms with van der Waals surface area (Å²) in [4.78, 5) is 16.5. The molecule has 1 amide bonds. The third-order valence-electron chi connectivity index (χ3n) is 3.56. The van der Waals surface area contributed by atoms with Gasteiger partial charge in [-0.25, -0.2) is 9.37 Å². The third kappa shape index (κ3) is 2.98. The first-order valence-electron chi connectivity index (χ1n) is 7.07. The van der Waals surface area contributed by atoms with Crippen LogP contribution in [0.1, 0.15) is 17.0 Å². The van der Waals surface area contributed by atoms with Crippen molar-refractivity contribution in [2.75, 3.05) is 0 Å². The quantitative estimate of drug-likeness (QED) is 0.804. The number of aryl methyl sites for hydroxylation is 1. The second-order valence-electron chi connectivity index (χ2n) is 5.15. The lowest BCUT2D eigenvalue weighted by molar-refractivity contribution is -0.120. The molecule has 0 saturated heterocycles. The molecule has 0 bridgehead atoms. The Hall–Kier alpha value is -2.69. The predicted molar refractivity (Wildman–Crippen MR) is 81.9 cm³/mol. The fraction of sp³-hybridized carbons (Fsp3) is 0.176. The van der Waals surface area contributed by atoms with E-state index in [0.717, 1.165) is 22.6 Å². The molecule has 0 aliphatic rings. The molecule has 0 fully saturated rings. The highest BCUT2D eigenvalue weighted by molar-refractivity contribution is 5.78. The summed E-state index contributed by atoms with van der Waals surface area (Å²) in [7, 11) is 0. The number of fused-ring (bicyclic) bond motifs is 1. The van der Waals surface area contributed by atoms with Crippen molar-refractivity contribution in [1.82, 2.24) is 14.7 Å². The van der Waals surface area contributed by atoms with Gasteiger partial charge in [0.2, 0.25) is 5.91 Å². The first-order chi connectivity index (χ1) is 10.6. The second-order valence-corrected chi connectivity index (χ2v) is 5.15. The summed E-state index contributed by atoms with van der Waals surface area (Å²) >= 11 is 0. The van der Waals surface area contributed by atoms with E-state index in [-0.39, 0.29) is 18.1 Å². The molecule has 0 saturated carbocycles. The van der Waals surface area contributed by atoms with E-state index in [2.05, 4.69) is 10.3 Å². The molecule has 0 aliphatic heterocycles. The monoisotopic (exact) mass is 297 g/mol. The summed E-state index contributed by atoms with van der Waals surface area (Å²) in [5, 5.41) is 2.89. The predicted octanol–water partition coefficient (Wildman–Crippen LogP) is 2.64. The summed E-state index contributed by atoms with van der Waals surface area (Å²) in [6, 6.07) is 11.7. The minimum atomic E-state index is -0.300. The SMILES string of the molecule is Cc1nc2ccccn2c1CNC(=O)Cc1ccc(F)cc1. The van der Waals surface area contributed by atoms with E-state index in [1.54, 1.807) is 12.1 Å². The molecule has 3 aromatic rings. The molecule has 3 rings (SSSR count). The summed E-state index contributed by atoms with van der Waals surface area (Å²) in [6.45, 7) is 2.34. The summed E-state index contributed by atoms with van der Waals surface area (Å²) < 4.78 is 14.8. The van der Waals surface area contributed by atoms with E-state index in [1.807, 2.05) is 35.7 Å². The van der Waals surface area contributed by atoms with Crippen molar-refractivity contribution >= 4 is 11.6 Å². The Morgan fingerprint density at radius 2 is 2.00 bits per heavy atom. The molecule has 1 N–H and O–H groups in total. The molecule has 5 heteroatoms. The Bertz CT molecular complexity index is 808. The van der Waals surface area contributed by atoms with Crippen LogP contribution in [0.25, 0.3) is 5.65 Å². The fourth-order valence-electron chi connectivity index (χ4n) is 2.41. The lowest BCUT2D eigenvalue weighted by Crippen LogP contribution is -2.25. The second kappa shape index (κ2) is 5.97. The number of aromatic nitrogens is 2. The van der Waals surface area contributed by atoms with Crippen molar-refractivity contribution in [3.05, 3.63) is 71.4 Å². The Morgan fingerprint density at radius 1 is 1.23 bits per heavy atom. The maximum atomic E-state index is 12.8. The molecule has 22 heavy (non-hydrogen) atoms. The summed E-state index contributed by atoms with van der Waals surface area (Å²) in [6.07, 6.45) is 2.16. The highest BCUT2D eigenvalue weighted by Gasteiger charge is 2.10. The Kier molecular flexibility index (Phi) is 3.87. The minimum Gasteiger partial charge on any atom is -0.350 e. The first kappa shape index (κ1) is 14.3. The van der Waals surface area contributed by atoms with Crippen LogP contribution in [0.15, 0.2) is 48.7 Å². The fourth-order valence-corrected chi connectivity index (χ4v) is 2.41. The zero-order valence-corrected chi connectivity index (χ0v) is 12.2. The topological polar surface area (TPSA) is 46.4 Å². The zero-order valence-electron chi connectivity index (χ0n) is 12.2. The van der Waals surface area contributed by atoms with E-state index < -0.39 is 0 Å². The number of carbonyl (C=O) groups is 1. The summed E-state index contributed by atoms with van der Waals surface area (Å²) in [5.41, 5.74) is 3.51. The number of amides is 1.